The molecule has 6 heteroatoms. The van der Waals surface area contributed by atoms with Crippen LogP contribution < -0.4 is 11.0 Å². The molecule has 26 heavy (non-hydrogen) atoms. The smallest absolute Gasteiger partial charge is 0.343 e. The van der Waals surface area contributed by atoms with E-state index in [1.807, 2.05) is 17.5 Å². The highest BCUT2D eigenvalue weighted by molar-refractivity contribution is 7.10. The van der Waals surface area contributed by atoms with Gasteiger partial charge >= 0.3 is 5.69 Å². The molecule has 3 aromatic rings. The van der Waals surface area contributed by atoms with Gasteiger partial charge in [-0.25, -0.2) is 9.78 Å². The zero-order valence-corrected chi connectivity index (χ0v) is 15.4. The number of nitrogens with one attached hydrogen (secondary N) is 1. The van der Waals surface area contributed by atoms with E-state index in [9.17, 15) is 9.59 Å². The van der Waals surface area contributed by atoms with E-state index in [4.69, 9.17) is 0 Å². The van der Waals surface area contributed by atoms with Crippen molar-refractivity contribution >= 4 is 17.2 Å². The lowest BCUT2D eigenvalue weighted by Gasteiger charge is -2.19. The van der Waals surface area contributed by atoms with E-state index in [0.717, 1.165) is 23.3 Å². The number of aryl methyl sites for hydroxylation is 1. The molecule has 1 aromatic carbocycles. The number of benzene rings is 1. The monoisotopic (exact) mass is 367 g/mol. The fourth-order valence-electron chi connectivity index (χ4n) is 2.81. The van der Waals surface area contributed by atoms with Crippen LogP contribution in [0, 0.1) is 0 Å². The van der Waals surface area contributed by atoms with Gasteiger partial charge < -0.3 is 5.32 Å². The van der Waals surface area contributed by atoms with Crippen molar-refractivity contribution in [1.29, 1.82) is 0 Å². The Balaban J connectivity index is 1.80. The Morgan fingerprint density at radius 1 is 1.23 bits per heavy atom. The van der Waals surface area contributed by atoms with Gasteiger partial charge in [0.25, 0.3) is 0 Å². The van der Waals surface area contributed by atoms with Crippen molar-refractivity contribution in [2.75, 3.05) is 0 Å². The molecule has 0 aliphatic carbocycles. The van der Waals surface area contributed by atoms with E-state index in [1.54, 1.807) is 23.6 Å². The predicted octanol–water partition coefficient (Wildman–Crippen LogP) is 3.16. The zero-order chi connectivity index (χ0) is 18.4. The van der Waals surface area contributed by atoms with Crippen molar-refractivity contribution in [2.45, 2.75) is 32.4 Å². The highest BCUT2D eigenvalue weighted by Gasteiger charge is 2.18. The Morgan fingerprint density at radius 3 is 2.69 bits per heavy atom. The van der Waals surface area contributed by atoms with E-state index in [1.165, 1.54) is 16.3 Å². The van der Waals surface area contributed by atoms with Crippen LogP contribution in [0.2, 0.25) is 0 Å². The first-order valence-corrected chi connectivity index (χ1v) is 9.48. The van der Waals surface area contributed by atoms with Crippen molar-refractivity contribution in [3.05, 3.63) is 86.7 Å². The highest BCUT2D eigenvalue weighted by Crippen LogP contribution is 2.26. The summed E-state index contributed by atoms with van der Waals surface area (Å²) in [5, 5.41) is 5.04. The summed E-state index contributed by atoms with van der Waals surface area (Å²) in [7, 11) is 0. The molecule has 0 spiro atoms. The summed E-state index contributed by atoms with van der Waals surface area (Å²) in [4.78, 5) is 29.0. The number of hydrogen-bond donors (Lipinski definition) is 1. The van der Waals surface area contributed by atoms with Gasteiger partial charge in [-0.3, -0.25) is 9.36 Å². The molecule has 0 bridgehead atoms. The molecule has 2 heterocycles. The number of nitrogens with zero attached hydrogens (tertiary/aromatic N) is 2. The highest BCUT2D eigenvalue weighted by atomic mass is 32.1. The number of carbonyl (C=O) groups is 1. The largest absolute Gasteiger partial charge is 0.347 e. The van der Waals surface area contributed by atoms with Crippen molar-refractivity contribution in [2.24, 2.45) is 0 Å². The first kappa shape index (κ1) is 18.1. The van der Waals surface area contributed by atoms with Crippen molar-refractivity contribution in [3.8, 4) is 0 Å². The van der Waals surface area contributed by atoms with Gasteiger partial charge in [0.05, 0.1) is 6.04 Å². The van der Waals surface area contributed by atoms with Crippen LogP contribution in [0.3, 0.4) is 0 Å². The van der Waals surface area contributed by atoms with Gasteiger partial charge in [0.2, 0.25) is 5.91 Å². The summed E-state index contributed by atoms with van der Waals surface area (Å²) in [6.45, 7) is 2.10. The van der Waals surface area contributed by atoms with Crippen molar-refractivity contribution in [1.82, 2.24) is 14.9 Å². The average molecular weight is 367 g/mol. The summed E-state index contributed by atoms with van der Waals surface area (Å²) in [5.41, 5.74) is 1.88. The minimum absolute atomic E-state index is 0.0531. The minimum atomic E-state index is -0.431. The summed E-state index contributed by atoms with van der Waals surface area (Å²) >= 11 is 1.60. The maximum atomic E-state index is 12.5. The standard InChI is InChI=1S/C20H21N3O2S/c1-2-5-15-7-9-16(10-8-15)19(17-6-3-13-26-17)22-18(24)14-23-12-4-11-21-20(23)25/h3-4,6-13,19H,2,5,14H2,1H3,(H,22,24)/t19-/m1/s1. The maximum absolute atomic E-state index is 12.5. The summed E-state index contributed by atoms with van der Waals surface area (Å²) < 4.78 is 1.30. The Hall–Kier alpha value is -2.73. The second kappa shape index (κ2) is 8.58. The second-order valence-corrected chi connectivity index (χ2v) is 7.02. The quantitative estimate of drug-likeness (QED) is 0.698. The molecule has 0 fully saturated rings. The Bertz CT molecular complexity index is 901. The van der Waals surface area contributed by atoms with Gasteiger partial charge in [-0.1, -0.05) is 43.7 Å². The molecular formula is C20H21N3O2S. The summed E-state index contributed by atoms with van der Waals surface area (Å²) in [5.74, 6) is -0.226. The molecule has 3 rings (SSSR count). The van der Waals surface area contributed by atoms with E-state index in [2.05, 4.69) is 41.5 Å². The summed E-state index contributed by atoms with van der Waals surface area (Å²) in [6.07, 6.45) is 5.13. The topological polar surface area (TPSA) is 64.0 Å². The first-order chi connectivity index (χ1) is 12.7. The third-order valence-electron chi connectivity index (χ3n) is 4.08. The average Bonchev–Trinajstić information content (AvgIpc) is 3.17. The first-order valence-electron chi connectivity index (χ1n) is 8.60. The molecule has 1 N–H and O–H groups in total. The lowest BCUT2D eigenvalue weighted by atomic mass is 10.0. The zero-order valence-electron chi connectivity index (χ0n) is 14.6. The molecule has 0 aliphatic heterocycles. The van der Waals surface area contributed by atoms with Gasteiger partial charge in [0.1, 0.15) is 6.54 Å². The minimum Gasteiger partial charge on any atom is -0.343 e. The molecule has 0 unspecified atom stereocenters. The lowest BCUT2D eigenvalue weighted by Crippen LogP contribution is -2.35. The molecule has 0 aliphatic rings. The maximum Gasteiger partial charge on any atom is 0.347 e. The van der Waals surface area contributed by atoms with Crippen molar-refractivity contribution in [3.63, 3.8) is 0 Å². The van der Waals surface area contributed by atoms with E-state index in [0.29, 0.717) is 0 Å². The van der Waals surface area contributed by atoms with Gasteiger partial charge in [-0.2, -0.15) is 0 Å². The lowest BCUT2D eigenvalue weighted by molar-refractivity contribution is -0.122. The predicted molar refractivity (Wildman–Crippen MR) is 103 cm³/mol. The molecule has 5 nitrogen and oxygen atoms in total. The van der Waals surface area contributed by atoms with Gasteiger partial charge in [-0.05, 0) is 35.1 Å². The Kier molecular flexibility index (Phi) is 5.96. The summed E-state index contributed by atoms with van der Waals surface area (Å²) in [6, 6.07) is 13.7. The molecular weight excluding hydrogens is 346 g/mol. The number of aromatic nitrogens is 2. The normalized spacial score (nSPS) is 11.9. The van der Waals surface area contributed by atoms with Crippen LogP contribution in [0.4, 0.5) is 0 Å². The molecule has 2 aromatic heterocycles. The van der Waals surface area contributed by atoms with E-state index >= 15 is 0 Å². The van der Waals surface area contributed by atoms with Crippen LogP contribution in [-0.2, 0) is 17.8 Å². The van der Waals surface area contributed by atoms with Crippen LogP contribution in [-0.4, -0.2) is 15.5 Å². The molecule has 1 atom stereocenters. The second-order valence-electron chi connectivity index (χ2n) is 6.04. The molecule has 0 saturated heterocycles. The third kappa shape index (κ3) is 4.46. The van der Waals surface area contributed by atoms with Gasteiger partial charge in [-0.15, -0.1) is 11.3 Å². The Morgan fingerprint density at radius 2 is 2.04 bits per heavy atom. The molecule has 1 amide bonds. The number of amides is 1. The fraction of sp³-hybridized carbons (Fsp3) is 0.250. The van der Waals surface area contributed by atoms with E-state index < -0.39 is 5.69 Å². The molecule has 0 radical (unpaired) electrons. The number of hydrogen-bond acceptors (Lipinski definition) is 4. The van der Waals surface area contributed by atoms with Crippen LogP contribution in [0.15, 0.2) is 65.0 Å². The van der Waals surface area contributed by atoms with Crippen LogP contribution in [0.1, 0.15) is 35.4 Å². The molecule has 134 valence electrons. The molecule has 0 saturated carbocycles. The third-order valence-corrected chi connectivity index (χ3v) is 5.02. The van der Waals surface area contributed by atoms with Gasteiger partial charge in [0, 0.05) is 17.3 Å². The van der Waals surface area contributed by atoms with Crippen LogP contribution >= 0.6 is 11.3 Å². The van der Waals surface area contributed by atoms with Crippen LogP contribution in [0.25, 0.3) is 0 Å². The number of rotatable bonds is 7. The number of thiophene rings is 1. The van der Waals surface area contributed by atoms with Crippen LogP contribution in [0.5, 0.6) is 0 Å². The SMILES string of the molecule is CCCc1ccc([C@@H](NC(=O)Cn2cccnc2=O)c2cccs2)cc1. The Labute approximate surface area is 156 Å². The van der Waals surface area contributed by atoms with Gasteiger partial charge in [0.15, 0.2) is 0 Å². The van der Waals surface area contributed by atoms with E-state index in [-0.39, 0.29) is 18.5 Å². The van der Waals surface area contributed by atoms with Crippen molar-refractivity contribution < 1.29 is 4.79 Å². The number of carbonyl (C=O) groups excluding carboxylic acids is 1. The fourth-order valence-corrected chi connectivity index (χ4v) is 3.61.